The lowest BCUT2D eigenvalue weighted by atomic mass is 10.1. The summed E-state index contributed by atoms with van der Waals surface area (Å²) in [6.07, 6.45) is 0.343. The predicted octanol–water partition coefficient (Wildman–Crippen LogP) is 3.88. The Morgan fingerprint density at radius 3 is 2.59 bits per heavy atom. The molecule has 1 fully saturated rings. The topological polar surface area (TPSA) is 58.6 Å². The van der Waals surface area contributed by atoms with Crippen molar-refractivity contribution in [3.05, 3.63) is 64.1 Å². The molecule has 1 aliphatic heterocycles. The van der Waals surface area contributed by atoms with E-state index in [9.17, 15) is 9.59 Å². The second-order valence-electron chi connectivity index (χ2n) is 7.26. The van der Waals surface area contributed by atoms with Gasteiger partial charge in [0.05, 0.1) is 18.6 Å². The van der Waals surface area contributed by atoms with Crippen LogP contribution in [0.1, 0.15) is 29.8 Å². The molecule has 1 saturated heterocycles. The minimum absolute atomic E-state index is 0.0947. The molecule has 1 heterocycles. The molecule has 142 valence electrons. The van der Waals surface area contributed by atoms with Crippen molar-refractivity contribution in [2.75, 3.05) is 25.0 Å². The number of carbonyl (C=O) groups excluding carboxylic acids is 2. The Morgan fingerprint density at radius 2 is 1.93 bits per heavy atom. The number of nitrogens with one attached hydrogen (secondary N) is 1. The predicted molar refractivity (Wildman–Crippen MR) is 109 cm³/mol. The average molecular weight is 431 g/mol. The van der Waals surface area contributed by atoms with Gasteiger partial charge in [0.1, 0.15) is 0 Å². The van der Waals surface area contributed by atoms with Crippen molar-refractivity contribution in [2.45, 2.75) is 25.9 Å². The van der Waals surface area contributed by atoms with Crippen molar-refractivity contribution >= 4 is 33.4 Å². The maximum atomic E-state index is 12.5. The van der Waals surface area contributed by atoms with E-state index in [2.05, 4.69) is 21.2 Å². The maximum Gasteiger partial charge on any atom is 0.255 e. The first-order valence-corrected chi connectivity index (χ1v) is 9.69. The van der Waals surface area contributed by atoms with E-state index in [0.29, 0.717) is 37.4 Å². The van der Waals surface area contributed by atoms with Crippen LogP contribution in [0.4, 0.5) is 5.69 Å². The number of carbonyl (C=O) groups is 2. The molecule has 0 bridgehead atoms. The van der Waals surface area contributed by atoms with Gasteiger partial charge in [-0.2, -0.15) is 0 Å². The Bertz CT molecular complexity index is 834. The quantitative estimate of drug-likeness (QED) is 0.800. The Labute approximate surface area is 167 Å². The molecule has 5 nitrogen and oxygen atoms in total. The van der Waals surface area contributed by atoms with Gasteiger partial charge in [0.15, 0.2) is 0 Å². The highest BCUT2D eigenvalue weighted by Gasteiger charge is 2.29. The fourth-order valence-electron chi connectivity index (χ4n) is 3.05. The zero-order chi connectivity index (χ0) is 19.4. The molecule has 0 radical (unpaired) electrons. The van der Waals surface area contributed by atoms with Gasteiger partial charge >= 0.3 is 0 Å². The summed E-state index contributed by atoms with van der Waals surface area (Å²) in [6.45, 7) is 5.79. The molecule has 0 atom stereocenters. The molecular weight excluding hydrogens is 408 g/mol. The summed E-state index contributed by atoms with van der Waals surface area (Å²) < 4.78 is 6.51. The molecule has 0 saturated carbocycles. The molecule has 1 N–H and O–H groups in total. The largest absolute Gasteiger partial charge is 0.372 e. The van der Waals surface area contributed by atoms with Gasteiger partial charge < -0.3 is 15.0 Å². The lowest BCUT2D eigenvalue weighted by molar-refractivity contribution is -0.145. The van der Waals surface area contributed by atoms with Crippen LogP contribution in [-0.2, 0) is 16.0 Å². The molecule has 2 aromatic carbocycles. The average Bonchev–Trinajstić information content (AvgIpc) is 2.62. The van der Waals surface area contributed by atoms with E-state index in [1.807, 2.05) is 55.1 Å². The summed E-state index contributed by atoms with van der Waals surface area (Å²) in [5.74, 6) is -0.0760. The Balaban J connectivity index is 1.58. The Hall–Kier alpha value is -2.18. The van der Waals surface area contributed by atoms with Crippen molar-refractivity contribution < 1.29 is 14.3 Å². The third-order valence-corrected chi connectivity index (χ3v) is 4.93. The van der Waals surface area contributed by atoms with Crippen LogP contribution < -0.4 is 5.32 Å². The van der Waals surface area contributed by atoms with Crippen LogP contribution >= 0.6 is 15.9 Å². The van der Waals surface area contributed by atoms with Crippen LogP contribution in [0.3, 0.4) is 0 Å². The fraction of sp³-hybridized carbons (Fsp3) is 0.333. The number of nitrogens with zero attached hydrogens (tertiary/aromatic N) is 1. The van der Waals surface area contributed by atoms with Gasteiger partial charge in [-0.1, -0.05) is 34.1 Å². The number of amides is 2. The van der Waals surface area contributed by atoms with Crippen molar-refractivity contribution in [1.82, 2.24) is 4.90 Å². The number of ether oxygens (including phenoxy) is 1. The van der Waals surface area contributed by atoms with Crippen molar-refractivity contribution in [2.24, 2.45) is 0 Å². The van der Waals surface area contributed by atoms with Gasteiger partial charge in [-0.15, -0.1) is 0 Å². The lowest BCUT2D eigenvalue weighted by Gasteiger charge is -2.38. The van der Waals surface area contributed by atoms with E-state index in [1.54, 1.807) is 12.1 Å². The summed E-state index contributed by atoms with van der Waals surface area (Å²) in [5.41, 5.74) is 1.90. The second kappa shape index (κ2) is 8.23. The van der Waals surface area contributed by atoms with Crippen LogP contribution in [0.25, 0.3) is 0 Å². The third kappa shape index (κ3) is 5.40. The van der Waals surface area contributed by atoms with Crippen molar-refractivity contribution in [3.8, 4) is 0 Å². The summed E-state index contributed by atoms with van der Waals surface area (Å²) in [7, 11) is 0. The van der Waals surface area contributed by atoms with Gasteiger partial charge in [0.2, 0.25) is 5.91 Å². The molecule has 6 heteroatoms. The van der Waals surface area contributed by atoms with Crippen molar-refractivity contribution in [1.29, 1.82) is 0 Å². The van der Waals surface area contributed by atoms with Crippen LogP contribution in [0.2, 0.25) is 0 Å². The molecule has 0 aliphatic carbocycles. The number of hydrogen-bond acceptors (Lipinski definition) is 3. The number of hydrogen-bond donors (Lipinski definition) is 1. The number of benzene rings is 2. The van der Waals surface area contributed by atoms with E-state index >= 15 is 0 Å². The Kier molecular flexibility index (Phi) is 5.97. The minimum Gasteiger partial charge on any atom is -0.372 e. The highest BCUT2D eigenvalue weighted by molar-refractivity contribution is 9.10. The molecule has 0 spiro atoms. The molecule has 27 heavy (non-hydrogen) atoms. The highest BCUT2D eigenvalue weighted by Crippen LogP contribution is 2.19. The first kappa shape index (κ1) is 19.6. The van der Waals surface area contributed by atoms with Crippen LogP contribution in [-0.4, -0.2) is 42.0 Å². The number of rotatable bonds is 4. The van der Waals surface area contributed by atoms with Gasteiger partial charge in [-0.05, 0) is 49.7 Å². The molecule has 1 aliphatic rings. The number of anilines is 1. The van der Waals surface area contributed by atoms with Crippen LogP contribution in [0.5, 0.6) is 0 Å². The Morgan fingerprint density at radius 1 is 1.19 bits per heavy atom. The first-order chi connectivity index (χ1) is 12.8. The zero-order valence-corrected chi connectivity index (χ0v) is 17.1. The van der Waals surface area contributed by atoms with Gasteiger partial charge in [0.25, 0.3) is 5.91 Å². The molecule has 2 aromatic rings. The molecule has 0 unspecified atom stereocenters. The number of morpholine rings is 1. The summed E-state index contributed by atoms with van der Waals surface area (Å²) >= 11 is 3.36. The highest BCUT2D eigenvalue weighted by atomic mass is 79.9. The summed E-state index contributed by atoms with van der Waals surface area (Å²) in [6, 6.07) is 14.6. The van der Waals surface area contributed by atoms with E-state index in [4.69, 9.17) is 4.74 Å². The van der Waals surface area contributed by atoms with Crippen molar-refractivity contribution in [3.63, 3.8) is 0 Å². The molecular formula is C21H23BrN2O3. The second-order valence-corrected chi connectivity index (χ2v) is 8.18. The fourth-order valence-corrected chi connectivity index (χ4v) is 3.45. The van der Waals surface area contributed by atoms with Gasteiger partial charge in [-0.25, -0.2) is 0 Å². The van der Waals surface area contributed by atoms with Gasteiger partial charge in [0, 0.05) is 28.8 Å². The molecule has 0 aromatic heterocycles. The standard InChI is InChI=1S/C21H23BrN2O3/c1-21(2)14-24(10-11-27-21)19(25)12-15-6-8-18(9-7-15)23-20(26)16-4-3-5-17(22)13-16/h3-9,13H,10-12,14H2,1-2H3,(H,23,26). The van der Waals surface area contributed by atoms with Crippen LogP contribution in [0, 0.1) is 0 Å². The number of halogens is 1. The normalized spacial score (nSPS) is 16.0. The lowest BCUT2D eigenvalue weighted by Crippen LogP contribution is -2.51. The first-order valence-electron chi connectivity index (χ1n) is 8.90. The van der Waals surface area contributed by atoms with Gasteiger partial charge in [-0.3, -0.25) is 9.59 Å². The van der Waals surface area contributed by atoms with E-state index in [-0.39, 0.29) is 17.4 Å². The smallest absolute Gasteiger partial charge is 0.255 e. The van der Waals surface area contributed by atoms with E-state index < -0.39 is 0 Å². The summed E-state index contributed by atoms with van der Waals surface area (Å²) in [4.78, 5) is 26.7. The zero-order valence-electron chi connectivity index (χ0n) is 15.5. The molecule has 3 rings (SSSR count). The van der Waals surface area contributed by atoms with Crippen LogP contribution in [0.15, 0.2) is 53.0 Å². The minimum atomic E-state index is -0.297. The summed E-state index contributed by atoms with van der Waals surface area (Å²) in [5, 5.41) is 2.87. The SMILES string of the molecule is CC1(C)CN(C(=O)Cc2ccc(NC(=O)c3cccc(Br)c3)cc2)CCO1. The van der Waals surface area contributed by atoms with E-state index in [1.165, 1.54) is 0 Å². The maximum absolute atomic E-state index is 12.5. The monoisotopic (exact) mass is 430 g/mol. The van der Waals surface area contributed by atoms with E-state index in [0.717, 1.165) is 10.0 Å². The molecule has 2 amide bonds. The third-order valence-electron chi connectivity index (χ3n) is 4.43.